The molecule has 0 atom stereocenters. The van der Waals surface area contributed by atoms with Crippen LogP contribution >= 0.6 is 11.3 Å². The van der Waals surface area contributed by atoms with Gasteiger partial charge in [0.2, 0.25) is 5.91 Å². The lowest BCUT2D eigenvalue weighted by molar-refractivity contribution is -0.122. The number of allylic oxidation sites excluding steroid dienone is 1. The predicted molar refractivity (Wildman–Crippen MR) is 130 cm³/mol. The van der Waals surface area contributed by atoms with Crippen LogP contribution in [0.2, 0.25) is 0 Å². The van der Waals surface area contributed by atoms with Gasteiger partial charge in [0.15, 0.2) is 0 Å². The minimum absolute atomic E-state index is 0.00187. The van der Waals surface area contributed by atoms with Crippen LogP contribution in [0.4, 0.5) is 4.39 Å². The van der Waals surface area contributed by atoms with Crippen molar-refractivity contribution in [3.05, 3.63) is 52.3 Å². The maximum absolute atomic E-state index is 13.2. The Balaban J connectivity index is 1.24. The van der Waals surface area contributed by atoms with Crippen molar-refractivity contribution in [3.8, 4) is 10.6 Å². The zero-order valence-electron chi connectivity index (χ0n) is 19.2. The number of aromatic nitrogens is 1. The maximum atomic E-state index is 13.2. The van der Waals surface area contributed by atoms with Crippen molar-refractivity contribution in [1.29, 1.82) is 0 Å². The zero-order chi connectivity index (χ0) is 23.2. The number of piperidine rings is 1. The lowest BCUT2D eigenvalue weighted by atomic mass is 9.93. The summed E-state index contributed by atoms with van der Waals surface area (Å²) in [6.07, 6.45) is 10.4. The van der Waals surface area contributed by atoms with Gasteiger partial charge in [-0.25, -0.2) is 9.37 Å². The topological polar surface area (TPSA) is 62.3 Å². The predicted octanol–water partition coefficient (Wildman–Crippen LogP) is 5.51. The number of nitrogens with zero attached hydrogens (tertiary/aromatic N) is 2. The van der Waals surface area contributed by atoms with Gasteiger partial charge in [0, 0.05) is 31.6 Å². The average Bonchev–Trinajstić information content (AvgIpc) is 3.22. The standard InChI is InChI=1S/C26H32FN3O2S/c1-18-24(33-25(29-18)21-7-9-22(27)10-8-21)26(32)30-15-12-20(13-16-30)17-23(31)28-14-11-19-5-3-2-4-6-19/h5,7-10,20H,2-4,6,11-17H2,1H3,(H,28,31). The average molecular weight is 470 g/mol. The molecule has 1 aromatic carbocycles. The lowest BCUT2D eigenvalue weighted by Gasteiger charge is -2.31. The van der Waals surface area contributed by atoms with E-state index in [-0.39, 0.29) is 17.6 Å². The van der Waals surface area contributed by atoms with E-state index in [0.29, 0.717) is 36.0 Å². The summed E-state index contributed by atoms with van der Waals surface area (Å²) in [7, 11) is 0. The van der Waals surface area contributed by atoms with Crippen molar-refractivity contribution < 1.29 is 14.0 Å². The molecule has 0 unspecified atom stereocenters. The first-order valence-electron chi connectivity index (χ1n) is 12.0. The van der Waals surface area contributed by atoms with Gasteiger partial charge in [-0.2, -0.15) is 0 Å². The number of hydrogen-bond donors (Lipinski definition) is 1. The van der Waals surface area contributed by atoms with Gasteiger partial charge in [0.25, 0.3) is 5.91 Å². The Morgan fingerprint density at radius 3 is 2.64 bits per heavy atom. The molecule has 2 aliphatic rings. The van der Waals surface area contributed by atoms with Crippen molar-refractivity contribution in [3.63, 3.8) is 0 Å². The minimum atomic E-state index is -0.290. The molecule has 176 valence electrons. The summed E-state index contributed by atoms with van der Waals surface area (Å²) in [5.41, 5.74) is 3.00. The van der Waals surface area contributed by atoms with Crippen molar-refractivity contribution in [2.24, 2.45) is 5.92 Å². The first-order chi connectivity index (χ1) is 16.0. The molecule has 2 aromatic rings. The van der Waals surface area contributed by atoms with Crippen LogP contribution in [0.3, 0.4) is 0 Å². The van der Waals surface area contributed by atoms with E-state index >= 15 is 0 Å². The molecule has 0 saturated carbocycles. The van der Waals surface area contributed by atoms with Gasteiger partial charge in [0.05, 0.1) is 5.69 Å². The Morgan fingerprint density at radius 1 is 1.18 bits per heavy atom. The Morgan fingerprint density at radius 2 is 1.94 bits per heavy atom. The lowest BCUT2D eigenvalue weighted by Crippen LogP contribution is -2.39. The van der Waals surface area contributed by atoms with Gasteiger partial charge in [0.1, 0.15) is 15.7 Å². The van der Waals surface area contributed by atoms with E-state index in [0.717, 1.165) is 36.4 Å². The molecule has 1 aromatic heterocycles. The van der Waals surface area contributed by atoms with Gasteiger partial charge in [-0.05, 0) is 82.1 Å². The molecule has 0 bridgehead atoms. The smallest absolute Gasteiger partial charge is 0.265 e. The van der Waals surface area contributed by atoms with E-state index in [9.17, 15) is 14.0 Å². The molecule has 2 amide bonds. The van der Waals surface area contributed by atoms with Crippen LogP contribution in [0.25, 0.3) is 10.6 Å². The number of thiazole rings is 1. The molecular weight excluding hydrogens is 437 g/mol. The zero-order valence-corrected chi connectivity index (χ0v) is 20.1. The van der Waals surface area contributed by atoms with Crippen molar-refractivity contribution in [2.75, 3.05) is 19.6 Å². The van der Waals surface area contributed by atoms with Gasteiger partial charge in [-0.1, -0.05) is 11.6 Å². The second-order valence-corrected chi connectivity index (χ2v) is 10.1. The van der Waals surface area contributed by atoms with Crippen LogP contribution in [-0.4, -0.2) is 41.3 Å². The Bertz CT molecular complexity index is 1010. The molecule has 1 fully saturated rings. The van der Waals surface area contributed by atoms with E-state index in [2.05, 4.69) is 16.4 Å². The normalized spacial score (nSPS) is 17.0. The van der Waals surface area contributed by atoms with Gasteiger partial charge in [-0.3, -0.25) is 9.59 Å². The SMILES string of the molecule is Cc1nc(-c2ccc(F)cc2)sc1C(=O)N1CCC(CC(=O)NCCC2=CCCCC2)CC1. The monoisotopic (exact) mass is 469 g/mol. The summed E-state index contributed by atoms with van der Waals surface area (Å²) in [6.45, 7) is 3.89. The highest BCUT2D eigenvalue weighted by Gasteiger charge is 2.27. The fraction of sp³-hybridized carbons (Fsp3) is 0.500. The summed E-state index contributed by atoms with van der Waals surface area (Å²) in [5.74, 6) is 0.155. The summed E-state index contributed by atoms with van der Waals surface area (Å²) >= 11 is 1.36. The third kappa shape index (κ3) is 6.28. The number of halogens is 1. The highest BCUT2D eigenvalue weighted by molar-refractivity contribution is 7.17. The Hall–Kier alpha value is -2.54. The van der Waals surface area contributed by atoms with E-state index < -0.39 is 0 Å². The molecule has 7 heteroatoms. The summed E-state index contributed by atoms with van der Waals surface area (Å²) in [6, 6.07) is 6.18. The quantitative estimate of drug-likeness (QED) is 0.544. The van der Waals surface area contributed by atoms with Crippen molar-refractivity contribution in [1.82, 2.24) is 15.2 Å². The molecule has 0 radical (unpaired) electrons. The van der Waals surface area contributed by atoms with Crippen LogP contribution in [0.15, 0.2) is 35.9 Å². The number of nitrogens with one attached hydrogen (secondary N) is 1. The highest BCUT2D eigenvalue weighted by atomic mass is 32.1. The first-order valence-corrected chi connectivity index (χ1v) is 12.8. The highest BCUT2D eigenvalue weighted by Crippen LogP contribution is 2.30. The van der Waals surface area contributed by atoms with Gasteiger partial charge < -0.3 is 10.2 Å². The van der Waals surface area contributed by atoms with Gasteiger partial charge >= 0.3 is 0 Å². The number of hydrogen-bond acceptors (Lipinski definition) is 4. The third-order valence-electron chi connectivity index (χ3n) is 6.61. The van der Waals surface area contributed by atoms with Crippen LogP contribution in [0, 0.1) is 18.7 Å². The van der Waals surface area contributed by atoms with Crippen molar-refractivity contribution >= 4 is 23.2 Å². The summed E-state index contributed by atoms with van der Waals surface area (Å²) < 4.78 is 13.2. The number of likely N-dealkylation sites (tertiary alicyclic amines) is 1. The van der Waals surface area contributed by atoms with Crippen LogP contribution in [-0.2, 0) is 4.79 Å². The van der Waals surface area contributed by atoms with Crippen molar-refractivity contribution in [2.45, 2.75) is 58.3 Å². The van der Waals surface area contributed by atoms with Crippen LogP contribution in [0.1, 0.15) is 66.7 Å². The Kier molecular flexibility index (Phi) is 7.91. The number of carbonyl (C=O) groups is 2. The fourth-order valence-electron chi connectivity index (χ4n) is 4.62. The number of carbonyl (C=O) groups excluding carboxylic acids is 2. The van der Waals surface area contributed by atoms with E-state index in [1.807, 2.05) is 11.8 Å². The van der Waals surface area contributed by atoms with E-state index in [1.54, 1.807) is 12.1 Å². The molecular formula is C26H32FN3O2S. The second-order valence-electron chi connectivity index (χ2n) is 9.09. The maximum Gasteiger partial charge on any atom is 0.265 e. The molecule has 1 saturated heterocycles. The summed E-state index contributed by atoms with van der Waals surface area (Å²) in [5, 5.41) is 3.80. The molecule has 4 rings (SSSR count). The van der Waals surface area contributed by atoms with Crippen LogP contribution in [0.5, 0.6) is 0 Å². The molecule has 0 spiro atoms. The molecule has 1 N–H and O–H groups in total. The molecule has 1 aliphatic heterocycles. The molecule has 2 heterocycles. The Labute approximate surface area is 199 Å². The van der Waals surface area contributed by atoms with E-state index in [4.69, 9.17) is 0 Å². The molecule has 33 heavy (non-hydrogen) atoms. The minimum Gasteiger partial charge on any atom is -0.356 e. The second kappa shape index (κ2) is 11.1. The number of rotatable bonds is 7. The molecule has 1 aliphatic carbocycles. The number of benzene rings is 1. The molecule has 5 nitrogen and oxygen atoms in total. The largest absolute Gasteiger partial charge is 0.356 e. The van der Waals surface area contributed by atoms with Gasteiger partial charge in [-0.15, -0.1) is 11.3 Å². The summed E-state index contributed by atoms with van der Waals surface area (Å²) in [4.78, 5) is 32.5. The fourth-order valence-corrected chi connectivity index (χ4v) is 5.66. The first kappa shape index (κ1) is 23.6. The third-order valence-corrected chi connectivity index (χ3v) is 7.81. The van der Waals surface area contributed by atoms with Crippen LogP contribution < -0.4 is 5.32 Å². The van der Waals surface area contributed by atoms with E-state index in [1.165, 1.54) is 54.7 Å². The number of amides is 2. The number of aryl methyl sites for hydroxylation is 1.